The van der Waals surface area contributed by atoms with E-state index >= 15 is 0 Å². The van der Waals surface area contributed by atoms with E-state index in [2.05, 4.69) is 17.9 Å². The summed E-state index contributed by atoms with van der Waals surface area (Å²) in [6, 6.07) is 6.25. The topological polar surface area (TPSA) is 59.0 Å². The Bertz CT molecular complexity index is 538. The van der Waals surface area contributed by atoms with Crippen molar-refractivity contribution in [1.82, 2.24) is 4.90 Å². The molecular formula is C19H29NO4. The maximum atomic E-state index is 11.2. The highest BCUT2D eigenvalue weighted by Crippen LogP contribution is 2.40. The number of piperidine rings is 1. The van der Waals surface area contributed by atoms with Crippen molar-refractivity contribution >= 4 is 5.97 Å². The van der Waals surface area contributed by atoms with Gasteiger partial charge in [0.05, 0.1) is 20.1 Å². The molecular weight excluding hydrogens is 306 g/mol. The fourth-order valence-electron chi connectivity index (χ4n) is 3.56. The minimum Gasteiger partial charge on any atom is -0.493 e. The Kier molecular flexibility index (Phi) is 6.91. The molecule has 1 heterocycles. The molecule has 0 saturated carbocycles. The van der Waals surface area contributed by atoms with Gasteiger partial charge in [0.1, 0.15) is 0 Å². The van der Waals surface area contributed by atoms with Gasteiger partial charge in [-0.25, -0.2) is 0 Å². The van der Waals surface area contributed by atoms with Gasteiger partial charge in [0.15, 0.2) is 11.5 Å². The number of likely N-dealkylation sites (tertiary alicyclic amines) is 1. The first-order valence-corrected chi connectivity index (χ1v) is 8.80. The summed E-state index contributed by atoms with van der Waals surface area (Å²) in [6.45, 7) is 3.81. The second-order valence-corrected chi connectivity index (χ2v) is 6.39. The molecule has 0 amide bonds. The van der Waals surface area contributed by atoms with Crippen LogP contribution in [0, 0.1) is 5.92 Å². The van der Waals surface area contributed by atoms with Crippen LogP contribution in [0.1, 0.15) is 50.6 Å². The first-order chi connectivity index (χ1) is 11.6. The zero-order chi connectivity index (χ0) is 17.5. The number of hydrogen-bond donors (Lipinski definition) is 1. The molecule has 0 radical (unpaired) electrons. The van der Waals surface area contributed by atoms with Crippen LogP contribution < -0.4 is 9.47 Å². The Balaban J connectivity index is 2.24. The second-order valence-electron chi connectivity index (χ2n) is 6.39. The lowest BCUT2D eigenvalue weighted by molar-refractivity contribution is -0.143. The zero-order valence-corrected chi connectivity index (χ0v) is 15.0. The van der Waals surface area contributed by atoms with E-state index in [0.717, 1.165) is 49.4 Å². The fraction of sp³-hybridized carbons (Fsp3) is 0.632. The number of rotatable bonds is 8. The summed E-state index contributed by atoms with van der Waals surface area (Å²) in [4.78, 5) is 13.6. The maximum Gasteiger partial charge on any atom is 0.306 e. The standard InChI is InChI=1S/C19H29NO4/c1-4-5-8-16(20-12-10-14(11-13-20)19(21)22)15-7-6-9-17(23-2)18(15)24-3/h6-7,9,14,16H,4-5,8,10-13H2,1-3H3,(H,21,22). The molecule has 1 N–H and O–H groups in total. The summed E-state index contributed by atoms with van der Waals surface area (Å²) < 4.78 is 11.1. The number of carboxylic acid groups (broad SMARTS) is 1. The van der Waals surface area contributed by atoms with Crippen molar-refractivity contribution in [3.8, 4) is 11.5 Å². The highest BCUT2D eigenvalue weighted by atomic mass is 16.5. The lowest BCUT2D eigenvalue weighted by atomic mass is 9.92. The van der Waals surface area contributed by atoms with Crippen molar-refractivity contribution < 1.29 is 19.4 Å². The highest BCUT2D eigenvalue weighted by Gasteiger charge is 2.30. The molecule has 2 rings (SSSR count). The number of aliphatic carboxylic acids is 1. The molecule has 5 heteroatoms. The van der Waals surface area contributed by atoms with E-state index in [1.54, 1.807) is 14.2 Å². The Hall–Kier alpha value is -1.75. The highest BCUT2D eigenvalue weighted by molar-refractivity contribution is 5.70. The lowest BCUT2D eigenvalue weighted by Gasteiger charge is -2.37. The van der Waals surface area contributed by atoms with Crippen LogP contribution in [-0.4, -0.2) is 43.3 Å². The molecule has 1 atom stereocenters. The van der Waals surface area contributed by atoms with Crippen molar-refractivity contribution in [3.63, 3.8) is 0 Å². The lowest BCUT2D eigenvalue weighted by Crippen LogP contribution is -2.39. The quantitative estimate of drug-likeness (QED) is 0.784. The van der Waals surface area contributed by atoms with Crippen LogP contribution in [0.4, 0.5) is 0 Å². The molecule has 24 heavy (non-hydrogen) atoms. The van der Waals surface area contributed by atoms with Gasteiger partial charge in [-0.1, -0.05) is 31.9 Å². The monoisotopic (exact) mass is 335 g/mol. The number of hydrogen-bond acceptors (Lipinski definition) is 4. The molecule has 1 aliphatic rings. The van der Waals surface area contributed by atoms with Crippen LogP contribution in [0.2, 0.25) is 0 Å². The number of carboxylic acids is 1. The SMILES string of the molecule is CCCCC(c1cccc(OC)c1OC)N1CCC(C(=O)O)CC1. The van der Waals surface area contributed by atoms with E-state index < -0.39 is 5.97 Å². The average molecular weight is 335 g/mol. The molecule has 1 aliphatic heterocycles. The van der Waals surface area contributed by atoms with E-state index in [0.29, 0.717) is 12.8 Å². The molecule has 5 nitrogen and oxygen atoms in total. The van der Waals surface area contributed by atoms with Crippen molar-refractivity contribution in [2.75, 3.05) is 27.3 Å². The summed E-state index contributed by atoms with van der Waals surface area (Å²) in [6.07, 6.45) is 4.73. The summed E-state index contributed by atoms with van der Waals surface area (Å²) in [5.74, 6) is 0.664. The van der Waals surface area contributed by atoms with Crippen LogP contribution in [-0.2, 0) is 4.79 Å². The third-order valence-electron chi connectivity index (χ3n) is 4.94. The Labute approximate surface area is 144 Å². The van der Waals surface area contributed by atoms with Crippen LogP contribution in [0.15, 0.2) is 18.2 Å². The molecule has 0 spiro atoms. The van der Waals surface area contributed by atoms with Crippen LogP contribution in [0.25, 0.3) is 0 Å². The van der Waals surface area contributed by atoms with Crippen LogP contribution >= 0.6 is 0 Å². The fourth-order valence-corrected chi connectivity index (χ4v) is 3.56. The number of nitrogens with zero attached hydrogens (tertiary/aromatic N) is 1. The average Bonchev–Trinajstić information content (AvgIpc) is 2.62. The van der Waals surface area contributed by atoms with Gasteiger partial charge in [-0.2, -0.15) is 0 Å². The third-order valence-corrected chi connectivity index (χ3v) is 4.94. The van der Waals surface area contributed by atoms with Gasteiger partial charge < -0.3 is 14.6 Å². The number of para-hydroxylation sites is 1. The van der Waals surface area contributed by atoms with Gasteiger partial charge in [-0.3, -0.25) is 9.69 Å². The van der Waals surface area contributed by atoms with E-state index in [1.807, 2.05) is 12.1 Å². The maximum absolute atomic E-state index is 11.2. The molecule has 1 aromatic rings. The second kappa shape index (κ2) is 8.92. The van der Waals surface area contributed by atoms with Gasteiger partial charge in [-0.05, 0) is 38.4 Å². The molecule has 1 unspecified atom stereocenters. The van der Waals surface area contributed by atoms with E-state index in [9.17, 15) is 9.90 Å². The molecule has 1 aromatic carbocycles. The largest absolute Gasteiger partial charge is 0.493 e. The summed E-state index contributed by atoms with van der Waals surface area (Å²) in [5.41, 5.74) is 1.14. The van der Waals surface area contributed by atoms with E-state index in [4.69, 9.17) is 9.47 Å². The smallest absolute Gasteiger partial charge is 0.306 e. The molecule has 134 valence electrons. The normalized spacial score (nSPS) is 17.5. The van der Waals surface area contributed by atoms with Crippen LogP contribution in [0.3, 0.4) is 0 Å². The predicted molar refractivity (Wildman–Crippen MR) is 93.7 cm³/mol. The number of methoxy groups -OCH3 is 2. The number of ether oxygens (including phenoxy) is 2. The number of unbranched alkanes of at least 4 members (excludes halogenated alkanes) is 1. The van der Waals surface area contributed by atoms with E-state index in [-0.39, 0.29) is 12.0 Å². The van der Waals surface area contributed by atoms with Crippen molar-refractivity contribution in [2.45, 2.75) is 45.1 Å². The number of carbonyl (C=O) groups is 1. The molecule has 0 aromatic heterocycles. The van der Waals surface area contributed by atoms with Gasteiger partial charge in [0.2, 0.25) is 0 Å². The first kappa shape index (κ1) is 18.6. The van der Waals surface area contributed by atoms with Gasteiger partial charge in [0, 0.05) is 11.6 Å². The van der Waals surface area contributed by atoms with E-state index in [1.165, 1.54) is 0 Å². The Morgan fingerprint density at radius 1 is 1.29 bits per heavy atom. The molecule has 1 saturated heterocycles. The molecule has 1 fully saturated rings. The predicted octanol–water partition coefficient (Wildman–Crippen LogP) is 3.73. The third kappa shape index (κ3) is 4.20. The molecule has 0 aliphatic carbocycles. The minimum atomic E-state index is -0.668. The Morgan fingerprint density at radius 2 is 2.00 bits per heavy atom. The zero-order valence-electron chi connectivity index (χ0n) is 15.0. The van der Waals surface area contributed by atoms with Crippen LogP contribution in [0.5, 0.6) is 11.5 Å². The molecule has 0 bridgehead atoms. The van der Waals surface area contributed by atoms with Crippen molar-refractivity contribution in [2.24, 2.45) is 5.92 Å². The van der Waals surface area contributed by atoms with Crippen molar-refractivity contribution in [1.29, 1.82) is 0 Å². The number of benzene rings is 1. The minimum absolute atomic E-state index is 0.208. The summed E-state index contributed by atoms with van der Waals surface area (Å²) in [7, 11) is 3.33. The van der Waals surface area contributed by atoms with Gasteiger partial charge in [0.25, 0.3) is 0 Å². The van der Waals surface area contributed by atoms with Gasteiger partial charge >= 0.3 is 5.97 Å². The Morgan fingerprint density at radius 3 is 2.54 bits per heavy atom. The summed E-state index contributed by atoms with van der Waals surface area (Å²) in [5, 5.41) is 9.22. The van der Waals surface area contributed by atoms with Crippen molar-refractivity contribution in [3.05, 3.63) is 23.8 Å². The summed E-state index contributed by atoms with van der Waals surface area (Å²) >= 11 is 0. The van der Waals surface area contributed by atoms with Gasteiger partial charge in [-0.15, -0.1) is 0 Å². The first-order valence-electron chi connectivity index (χ1n) is 8.80.